The molecular weight excluding hydrogens is 387 g/mol. The third-order valence-electron chi connectivity index (χ3n) is 4.19. The Balaban J connectivity index is 1.78. The summed E-state index contributed by atoms with van der Waals surface area (Å²) in [5, 5.41) is 3.96. The van der Waals surface area contributed by atoms with Gasteiger partial charge >= 0.3 is 0 Å². The highest BCUT2D eigenvalue weighted by Gasteiger charge is 2.16. The first-order valence-corrected chi connectivity index (χ1v) is 9.27. The SMILES string of the molecule is COc1ccc(N2CCOCC2)c(NC(=O)/C=C/c2ccc(Cl)cc2Cl)c1. The van der Waals surface area contributed by atoms with Crippen molar-refractivity contribution in [3.63, 3.8) is 0 Å². The number of ether oxygens (including phenoxy) is 2. The molecule has 3 rings (SSSR count). The third kappa shape index (κ3) is 5.16. The van der Waals surface area contributed by atoms with Crippen LogP contribution in [-0.2, 0) is 9.53 Å². The number of nitrogens with one attached hydrogen (secondary N) is 1. The molecule has 0 aromatic heterocycles. The van der Waals surface area contributed by atoms with E-state index < -0.39 is 0 Å². The Bertz CT molecular complexity index is 849. The summed E-state index contributed by atoms with van der Waals surface area (Å²) in [6, 6.07) is 10.8. The average Bonchev–Trinajstić information content (AvgIpc) is 2.68. The maximum Gasteiger partial charge on any atom is 0.248 e. The van der Waals surface area contributed by atoms with Gasteiger partial charge in [-0.2, -0.15) is 0 Å². The lowest BCUT2D eigenvalue weighted by Crippen LogP contribution is -2.36. The van der Waals surface area contributed by atoms with E-state index in [9.17, 15) is 4.79 Å². The van der Waals surface area contributed by atoms with Gasteiger partial charge in [-0.3, -0.25) is 4.79 Å². The van der Waals surface area contributed by atoms with E-state index in [1.165, 1.54) is 6.08 Å². The van der Waals surface area contributed by atoms with Crippen molar-refractivity contribution in [3.05, 3.63) is 58.1 Å². The molecule has 1 N–H and O–H groups in total. The quantitative estimate of drug-likeness (QED) is 0.743. The minimum Gasteiger partial charge on any atom is -0.497 e. The van der Waals surface area contributed by atoms with Gasteiger partial charge in [-0.05, 0) is 35.9 Å². The van der Waals surface area contributed by atoms with Crippen LogP contribution in [0.15, 0.2) is 42.5 Å². The Kier molecular flexibility index (Phi) is 6.61. The summed E-state index contributed by atoms with van der Waals surface area (Å²) in [6.45, 7) is 2.86. The highest BCUT2D eigenvalue weighted by Crippen LogP contribution is 2.31. The number of hydrogen-bond acceptors (Lipinski definition) is 4. The van der Waals surface area contributed by atoms with Crippen molar-refractivity contribution in [2.75, 3.05) is 43.6 Å². The largest absolute Gasteiger partial charge is 0.497 e. The minimum atomic E-state index is -0.260. The molecule has 1 amide bonds. The van der Waals surface area contributed by atoms with Crippen LogP contribution in [0.2, 0.25) is 10.0 Å². The third-order valence-corrected chi connectivity index (χ3v) is 4.75. The van der Waals surface area contributed by atoms with Crippen molar-refractivity contribution in [1.29, 1.82) is 0 Å². The number of hydrogen-bond donors (Lipinski definition) is 1. The van der Waals surface area contributed by atoms with Gasteiger partial charge in [0, 0.05) is 35.3 Å². The maximum atomic E-state index is 12.4. The van der Waals surface area contributed by atoms with Gasteiger partial charge < -0.3 is 19.7 Å². The molecule has 0 spiro atoms. The van der Waals surface area contributed by atoms with Crippen LogP contribution in [-0.4, -0.2) is 39.3 Å². The lowest BCUT2D eigenvalue weighted by Gasteiger charge is -2.30. The van der Waals surface area contributed by atoms with Crippen LogP contribution in [0.4, 0.5) is 11.4 Å². The first kappa shape index (κ1) is 19.5. The second-order valence-electron chi connectivity index (χ2n) is 5.97. The highest BCUT2D eigenvalue weighted by atomic mass is 35.5. The fourth-order valence-electron chi connectivity index (χ4n) is 2.80. The van der Waals surface area contributed by atoms with Gasteiger partial charge in [0.2, 0.25) is 5.91 Å². The number of benzene rings is 2. The molecule has 1 aliphatic heterocycles. The highest BCUT2D eigenvalue weighted by molar-refractivity contribution is 6.35. The normalized spacial score (nSPS) is 14.4. The average molecular weight is 407 g/mol. The molecule has 7 heteroatoms. The molecule has 0 bridgehead atoms. The zero-order valence-electron chi connectivity index (χ0n) is 14.9. The van der Waals surface area contributed by atoms with E-state index in [1.54, 1.807) is 31.4 Å². The van der Waals surface area contributed by atoms with Crippen LogP contribution >= 0.6 is 23.2 Å². The Morgan fingerprint density at radius 3 is 2.67 bits per heavy atom. The van der Waals surface area contributed by atoms with Crippen molar-refractivity contribution in [2.45, 2.75) is 0 Å². The number of amides is 1. The smallest absolute Gasteiger partial charge is 0.248 e. The number of carbonyl (C=O) groups excluding carboxylic acids is 1. The van der Waals surface area contributed by atoms with Crippen LogP contribution < -0.4 is 15.0 Å². The molecule has 0 unspecified atom stereocenters. The van der Waals surface area contributed by atoms with Crippen molar-refractivity contribution in [1.82, 2.24) is 0 Å². The lowest BCUT2D eigenvalue weighted by atomic mass is 10.2. The molecule has 2 aromatic carbocycles. The summed E-state index contributed by atoms with van der Waals surface area (Å²) in [6.07, 6.45) is 3.10. The van der Waals surface area contributed by atoms with E-state index in [2.05, 4.69) is 10.2 Å². The van der Waals surface area contributed by atoms with Gasteiger partial charge in [-0.15, -0.1) is 0 Å². The number of nitrogens with zero attached hydrogens (tertiary/aromatic N) is 1. The molecule has 2 aromatic rings. The van der Waals surface area contributed by atoms with Crippen LogP contribution in [0.5, 0.6) is 5.75 Å². The number of morpholine rings is 1. The topological polar surface area (TPSA) is 50.8 Å². The molecule has 27 heavy (non-hydrogen) atoms. The lowest BCUT2D eigenvalue weighted by molar-refractivity contribution is -0.111. The summed E-state index contributed by atoms with van der Waals surface area (Å²) in [5.74, 6) is 0.413. The number of carbonyl (C=O) groups is 1. The molecule has 142 valence electrons. The van der Waals surface area contributed by atoms with E-state index in [0.717, 1.165) is 24.3 Å². The van der Waals surface area contributed by atoms with Crippen molar-refractivity contribution in [2.24, 2.45) is 0 Å². The summed E-state index contributed by atoms with van der Waals surface area (Å²) < 4.78 is 10.7. The van der Waals surface area contributed by atoms with Gasteiger partial charge in [0.25, 0.3) is 0 Å². The van der Waals surface area contributed by atoms with Crippen molar-refractivity contribution in [3.8, 4) is 5.75 Å². The molecule has 1 saturated heterocycles. The maximum absolute atomic E-state index is 12.4. The van der Waals surface area contributed by atoms with Gasteiger partial charge in [-0.1, -0.05) is 29.3 Å². The molecular formula is C20H20Cl2N2O3. The Labute approximate surface area is 168 Å². The van der Waals surface area contributed by atoms with Crippen LogP contribution in [0.3, 0.4) is 0 Å². The van der Waals surface area contributed by atoms with Crippen LogP contribution in [0, 0.1) is 0 Å². The predicted octanol–water partition coefficient (Wildman–Crippen LogP) is 4.49. The van der Waals surface area contributed by atoms with E-state index in [0.29, 0.717) is 34.7 Å². The second kappa shape index (κ2) is 9.13. The number of rotatable bonds is 5. The second-order valence-corrected chi connectivity index (χ2v) is 6.81. The number of anilines is 2. The van der Waals surface area contributed by atoms with Crippen LogP contribution in [0.1, 0.15) is 5.56 Å². The van der Waals surface area contributed by atoms with E-state index >= 15 is 0 Å². The monoisotopic (exact) mass is 406 g/mol. The minimum absolute atomic E-state index is 0.260. The zero-order chi connectivity index (χ0) is 19.2. The first-order chi connectivity index (χ1) is 13.1. The number of halogens is 2. The summed E-state index contributed by atoms with van der Waals surface area (Å²) in [4.78, 5) is 14.6. The van der Waals surface area contributed by atoms with E-state index in [1.807, 2.05) is 18.2 Å². The molecule has 0 radical (unpaired) electrons. The Morgan fingerprint density at radius 2 is 1.96 bits per heavy atom. The first-order valence-electron chi connectivity index (χ1n) is 8.51. The molecule has 0 aliphatic carbocycles. The fourth-order valence-corrected chi connectivity index (χ4v) is 3.27. The van der Waals surface area contributed by atoms with Crippen LogP contribution in [0.25, 0.3) is 6.08 Å². The number of methoxy groups -OCH3 is 1. The molecule has 0 atom stereocenters. The Hall–Kier alpha value is -2.21. The van der Waals surface area contributed by atoms with Gasteiger partial charge in [-0.25, -0.2) is 0 Å². The van der Waals surface area contributed by atoms with Gasteiger partial charge in [0.1, 0.15) is 5.75 Å². The summed E-state index contributed by atoms with van der Waals surface area (Å²) in [7, 11) is 1.60. The van der Waals surface area contributed by atoms with E-state index in [4.69, 9.17) is 32.7 Å². The predicted molar refractivity (Wildman–Crippen MR) is 110 cm³/mol. The molecule has 1 fully saturated rings. The summed E-state index contributed by atoms with van der Waals surface area (Å²) in [5.41, 5.74) is 2.34. The molecule has 1 heterocycles. The van der Waals surface area contributed by atoms with Gasteiger partial charge in [0.05, 0.1) is 31.7 Å². The molecule has 0 saturated carbocycles. The fraction of sp³-hybridized carbons (Fsp3) is 0.250. The molecule has 1 aliphatic rings. The zero-order valence-corrected chi connectivity index (χ0v) is 16.4. The summed E-state index contributed by atoms with van der Waals surface area (Å²) >= 11 is 12.0. The Morgan fingerprint density at radius 1 is 1.19 bits per heavy atom. The molecule has 5 nitrogen and oxygen atoms in total. The van der Waals surface area contributed by atoms with Gasteiger partial charge in [0.15, 0.2) is 0 Å². The van der Waals surface area contributed by atoms with Crippen molar-refractivity contribution < 1.29 is 14.3 Å². The van der Waals surface area contributed by atoms with E-state index in [-0.39, 0.29) is 5.91 Å². The van der Waals surface area contributed by atoms with Crippen molar-refractivity contribution >= 4 is 46.6 Å². The standard InChI is InChI=1S/C20H20Cl2N2O3/c1-26-16-5-6-19(24-8-10-27-11-9-24)18(13-16)23-20(25)7-3-14-2-4-15(21)12-17(14)22/h2-7,12-13H,8-11H2,1H3,(H,23,25)/b7-3+.